The van der Waals surface area contributed by atoms with Crippen LogP contribution in [-0.4, -0.2) is 37.6 Å². The molecule has 0 aromatic heterocycles. The molecule has 2 heteroatoms. The van der Waals surface area contributed by atoms with E-state index in [1.807, 2.05) is 0 Å². The summed E-state index contributed by atoms with van der Waals surface area (Å²) in [4.78, 5) is 2.58. The maximum Gasteiger partial charge on any atom is 0.00339 e. The molecule has 1 aliphatic rings. The van der Waals surface area contributed by atoms with Gasteiger partial charge in [0.2, 0.25) is 0 Å². The summed E-state index contributed by atoms with van der Waals surface area (Å²) in [7, 11) is 0. The van der Waals surface area contributed by atoms with Crippen molar-refractivity contribution in [3.8, 4) is 0 Å². The first-order valence-electron chi connectivity index (χ1n) is 5.29. The number of hydrogen-bond acceptors (Lipinski definition) is 2. The second-order valence-corrected chi connectivity index (χ2v) is 3.77. The third kappa shape index (κ3) is 3.11. The van der Waals surface area contributed by atoms with Crippen molar-refractivity contribution in [3.05, 3.63) is 0 Å². The van der Waals surface area contributed by atoms with E-state index in [0.29, 0.717) is 0 Å². The Bertz CT molecular complexity index is 110. The molecule has 1 rings (SSSR count). The van der Waals surface area contributed by atoms with Gasteiger partial charge in [0.25, 0.3) is 0 Å². The quantitative estimate of drug-likeness (QED) is 0.647. The van der Waals surface area contributed by atoms with E-state index in [0.717, 1.165) is 5.92 Å². The highest BCUT2D eigenvalue weighted by Gasteiger charge is 2.18. The van der Waals surface area contributed by atoms with Gasteiger partial charge in [-0.2, -0.15) is 0 Å². The maximum atomic E-state index is 3.32. The van der Waals surface area contributed by atoms with Crippen LogP contribution in [0, 0.1) is 5.92 Å². The highest BCUT2D eigenvalue weighted by Crippen LogP contribution is 2.06. The van der Waals surface area contributed by atoms with Crippen molar-refractivity contribution < 1.29 is 0 Å². The minimum Gasteiger partial charge on any atom is -0.316 e. The topological polar surface area (TPSA) is 15.3 Å². The van der Waals surface area contributed by atoms with Crippen LogP contribution < -0.4 is 5.32 Å². The molecule has 0 spiro atoms. The summed E-state index contributed by atoms with van der Waals surface area (Å²) in [6, 6.07) is 0. The number of nitrogens with one attached hydrogen (secondary N) is 1. The Morgan fingerprint density at radius 3 is 2.50 bits per heavy atom. The summed E-state index contributed by atoms with van der Waals surface area (Å²) >= 11 is 0. The summed E-state index contributed by atoms with van der Waals surface area (Å²) in [5, 5.41) is 3.32. The molecule has 2 nitrogen and oxygen atoms in total. The van der Waals surface area contributed by atoms with Gasteiger partial charge >= 0.3 is 0 Å². The fourth-order valence-electron chi connectivity index (χ4n) is 1.60. The third-order valence-corrected chi connectivity index (χ3v) is 2.66. The number of nitrogens with zero attached hydrogens (tertiary/aromatic N) is 1. The molecule has 0 atom stereocenters. The van der Waals surface area contributed by atoms with Gasteiger partial charge in [0.15, 0.2) is 0 Å². The maximum absolute atomic E-state index is 3.32. The van der Waals surface area contributed by atoms with Gasteiger partial charge in [0, 0.05) is 19.6 Å². The van der Waals surface area contributed by atoms with Gasteiger partial charge in [-0.1, -0.05) is 20.3 Å². The first-order chi connectivity index (χ1) is 5.86. The van der Waals surface area contributed by atoms with Gasteiger partial charge in [0.05, 0.1) is 0 Å². The minimum absolute atomic E-state index is 0.932. The molecule has 0 aromatic carbocycles. The summed E-state index contributed by atoms with van der Waals surface area (Å²) in [5.74, 6) is 0.932. The number of unbranched alkanes of at least 4 members (excludes halogenated alkanes) is 1. The predicted molar refractivity (Wildman–Crippen MR) is 53.4 cm³/mol. The lowest BCUT2D eigenvalue weighted by molar-refractivity contribution is 0.198. The molecular formula is C10H22N2. The SMILES string of the molecule is CCCCN(CC)CC1CNC1. The fraction of sp³-hybridized carbons (Fsp3) is 1.00. The van der Waals surface area contributed by atoms with Crippen molar-refractivity contribution >= 4 is 0 Å². The van der Waals surface area contributed by atoms with Gasteiger partial charge in [-0.25, -0.2) is 0 Å². The van der Waals surface area contributed by atoms with Crippen molar-refractivity contribution in [3.63, 3.8) is 0 Å². The molecule has 0 radical (unpaired) electrons. The molecule has 1 aliphatic heterocycles. The molecule has 12 heavy (non-hydrogen) atoms. The minimum atomic E-state index is 0.932. The van der Waals surface area contributed by atoms with Crippen molar-refractivity contribution in [2.75, 3.05) is 32.7 Å². The lowest BCUT2D eigenvalue weighted by Crippen LogP contribution is -2.48. The standard InChI is InChI=1S/C10H22N2/c1-3-5-6-12(4-2)9-10-7-11-8-10/h10-11H,3-9H2,1-2H3. The Kier molecular flexibility index (Phi) is 4.62. The van der Waals surface area contributed by atoms with Crippen molar-refractivity contribution in [1.29, 1.82) is 0 Å². The van der Waals surface area contributed by atoms with Crippen LogP contribution in [0.4, 0.5) is 0 Å². The van der Waals surface area contributed by atoms with Crippen LogP contribution in [0.3, 0.4) is 0 Å². The lowest BCUT2D eigenvalue weighted by atomic mass is 10.0. The Labute approximate surface area is 76.3 Å². The van der Waals surface area contributed by atoms with Crippen LogP contribution >= 0.6 is 0 Å². The van der Waals surface area contributed by atoms with Gasteiger partial charge in [-0.05, 0) is 25.4 Å². The zero-order valence-corrected chi connectivity index (χ0v) is 8.47. The molecule has 0 unspecified atom stereocenters. The van der Waals surface area contributed by atoms with Gasteiger partial charge in [-0.15, -0.1) is 0 Å². The van der Waals surface area contributed by atoms with E-state index in [-0.39, 0.29) is 0 Å². The third-order valence-electron chi connectivity index (χ3n) is 2.66. The summed E-state index contributed by atoms with van der Waals surface area (Å²) < 4.78 is 0. The Hall–Kier alpha value is -0.0800. The van der Waals surface area contributed by atoms with E-state index < -0.39 is 0 Å². The molecule has 72 valence electrons. The molecule has 0 aromatic rings. The van der Waals surface area contributed by atoms with E-state index in [9.17, 15) is 0 Å². The van der Waals surface area contributed by atoms with E-state index in [4.69, 9.17) is 0 Å². The van der Waals surface area contributed by atoms with Crippen molar-refractivity contribution in [2.24, 2.45) is 5.92 Å². The zero-order valence-electron chi connectivity index (χ0n) is 8.47. The van der Waals surface area contributed by atoms with E-state index in [1.165, 1.54) is 45.6 Å². The molecule has 0 bridgehead atoms. The van der Waals surface area contributed by atoms with Crippen molar-refractivity contribution in [2.45, 2.75) is 26.7 Å². The molecule has 1 saturated heterocycles. The monoisotopic (exact) mass is 170 g/mol. The van der Waals surface area contributed by atoms with Gasteiger partial charge in [-0.3, -0.25) is 0 Å². The Balaban J connectivity index is 2.06. The number of rotatable bonds is 6. The normalized spacial score (nSPS) is 18.2. The van der Waals surface area contributed by atoms with E-state index >= 15 is 0 Å². The van der Waals surface area contributed by atoms with Gasteiger partial charge < -0.3 is 10.2 Å². The molecule has 1 heterocycles. The molecule has 1 fully saturated rings. The van der Waals surface area contributed by atoms with Crippen LogP contribution in [-0.2, 0) is 0 Å². The molecule has 1 N–H and O–H groups in total. The first kappa shape index (κ1) is 10.0. The van der Waals surface area contributed by atoms with Crippen LogP contribution in [0.5, 0.6) is 0 Å². The van der Waals surface area contributed by atoms with E-state index in [2.05, 4.69) is 24.1 Å². The largest absolute Gasteiger partial charge is 0.316 e. The second-order valence-electron chi connectivity index (χ2n) is 3.77. The Morgan fingerprint density at radius 1 is 1.33 bits per heavy atom. The first-order valence-corrected chi connectivity index (χ1v) is 5.29. The summed E-state index contributed by atoms with van der Waals surface area (Å²) in [6.45, 7) is 10.8. The molecule has 0 aliphatic carbocycles. The average molecular weight is 170 g/mol. The molecular weight excluding hydrogens is 148 g/mol. The van der Waals surface area contributed by atoms with E-state index in [1.54, 1.807) is 0 Å². The van der Waals surface area contributed by atoms with Crippen LogP contribution in [0.1, 0.15) is 26.7 Å². The Morgan fingerprint density at radius 2 is 2.08 bits per heavy atom. The average Bonchev–Trinajstić information content (AvgIpc) is 2.02. The zero-order chi connectivity index (χ0) is 8.81. The second kappa shape index (κ2) is 5.55. The lowest BCUT2D eigenvalue weighted by Gasteiger charge is -2.32. The molecule has 0 amide bonds. The fourth-order valence-corrected chi connectivity index (χ4v) is 1.60. The highest BCUT2D eigenvalue weighted by molar-refractivity contribution is 4.77. The number of hydrogen-bond donors (Lipinski definition) is 1. The predicted octanol–water partition coefficient (Wildman–Crippen LogP) is 1.33. The highest BCUT2D eigenvalue weighted by atomic mass is 15.1. The van der Waals surface area contributed by atoms with Crippen LogP contribution in [0.2, 0.25) is 0 Å². The van der Waals surface area contributed by atoms with Crippen LogP contribution in [0.25, 0.3) is 0 Å². The van der Waals surface area contributed by atoms with Crippen LogP contribution in [0.15, 0.2) is 0 Å². The molecule has 0 saturated carbocycles. The van der Waals surface area contributed by atoms with Gasteiger partial charge in [0.1, 0.15) is 0 Å². The smallest absolute Gasteiger partial charge is 0.00339 e. The summed E-state index contributed by atoms with van der Waals surface area (Å²) in [6.07, 6.45) is 2.67. The summed E-state index contributed by atoms with van der Waals surface area (Å²) in [5.41, 5.74) is 0. The van der Waals surface area contributed by atoms with Crippen molar-refractivity contribution in [1.82, 2.24) is 10.2 Å².